The van der Waals surface area contributed by atoms with Crippen LogP contribution in [-0.4, -0.2) is 42.3 Å². The SMILES string of the molecule is CC(=O)CC(=O)NCC(=O)C[C@@H](CCCN=C(N)N)C(C)=O. The Labute approximate surface area is 129 Å². The third-order valence-electron chi connectivity index (χ3n) is 2.95. The number of hydrogen-bond acceptors (Lipinski definition) is 5. The first-order valence-corrected chi connectivity index (χ1v) is 7.06. The molecule has 0 aromatic carbocycles. The van der Waals surface area contributed by atoms with Gasteiger partial charge in [-0.1, -0.05) is 0 Å². The van der Waals surface area contributed by atoms with Gasteiger partial charge in [0.15, 0.2) is 11.7 Å². The predicted molar refractivity (Wildman–Crippen MR) is 82.0 cm³/mol. The van der Waals surface area contributed by atoms with E-state index in [2.05, 4.69) is 10.3 Å². The van der Waals surface area contributed by atoms with Gasteiger partial charge in [0.05, 0.1) is 13.0 Å². The average molecular weight is 312 g/mol. The van der Waals surface area contributed by atoms with E-state index in [1.54, 1.807) is 0 Å². The number of carbonyl (C=O) groups excluding carboxylic acids is 4. The van der Waals surface area contributed by atoms with Crippen LogP contribution in [0.15, 0.2) is 4.99 Å². The Bertz CT molecular complexity index is 456. The van der Waals surface area contributed by atoms with E-state index in [4.69, 9.17) is 11.5 Å². The van der Waals surface area contributed by atoms with E-state index in [-0.39, 0.29) is 42.7 Å². The average Bonchev–Trinajstić information content (AvgIpc) is 2.38. The van der Waals surface area contributed by atoms with Crippen molar-refractivity contribution < 1.29 is 19.2 Å². The summed E-state index contributed by atoms with van der Waals surface area (Å²) in [6.45, 7) is 2.94. The van der Waals surface area contributed by atoms with Crippen molar-refractivity contribution in [2.24, 2.45) is 22.4 Å². The van der Waals surface area contributed by atoms with Crippen molar-refractivity contribution in [1.29, 1.82) is 0 Å². The zero-order valence-corrected chi connectivity index (χ0v) is 13.1. The molecule has 124 valence electrons. The minimum atomic E-state index is -0.493. The van der Waals surface area contributed by atoms with Crippen molar-refractivity contribution in [2.75, 3.05) is 13.1 Å². The van der Waals surface area contributed by atoms with E-state index in [0.717, 1.165) is 0 Å². The highest BCUT2D eigenvalue weighted by Gasteiger charge is 2.18. The van der Waals surface area contributed by atoms with Gasteiger partial charge in [-0.2, -0.15) is 0 Å². The molecule has 0 fully saturated rings. The molecule has 0 aliphatic carbocycles. The van der Waals surface area contributed by atoms with Crippen molar-refractivity contribution in [3.05, 3.63) is 0 Å². The third-order valence-corrected chi connectivity index (χ3v) is 2.95. The number of aliphatic imine (C=N–C) groups is 1. The maximum absolute atomic E-state index is 11.8. The standard InChI is InChI=1S/C14H24N4O4/c1-9(19)6-13(22)18-8-12(21)7-11(10(2)20)4-3-5-17-14(15)16/h11H,3-8H2,1-2H3,(H,18,22)(H4,15,16,17)/t11-/m1/s1. The normalized spacial score (nSPS) is 11.4. The maximum Gasteiger partial charge on any atom is 0.227 e. The molecule has 8 nitrogen and oxygen atoms in total. The number of ketones is 3. The van der Waals surface area contributed by atoms with Gasteiger partial charge in [-0.15, -0.1) is 0 Å². The van der Waals surface area contributed by atoms with E-state index < -0.39 is 11.8 Å². The van der Waals surface area contributed by atoms with E-state index in [1.165, 1.54) is 13.8 Å². The highest BCUT2D eigenvalue weighted by atomic mass is 16.2. The number of nitrogens with two attached hydrogens (primary N) is 2. The zero-order chi connectivity index (χ0) is 17.1. The minimum absolute atomic E-state index is 0.0105. The summed E-state index contributed by atoms with van der Waals surface area (Å²) in [5, 5.41) is 2.36. The lowest BCUT2D eigenvalue weighted by molar-refractivity contribution is -0.130. The number of hydrogen-bond donors (Lipinski definition) is 3. The number of rotatable bonds is 11. The van der Waals surface area contributed by atoms with Crippen LogP contribution in [0.4, 0.5) is 0 Å². The van der Waals surface area contributed by atoms with E-state index in [0.29, 0.717) is 19.4 Å². The van der Waals surface area contributed by atoms with Gasteiger partial charge in [0.1, 0.15) is 11.6 Å². The minimum Gasteiger partial charge on any atom is -0.370 e. The molecule has 1 atom stereocenters. The van der Waals surface area contributed by atoms with Gasteiger partial charge in [0.2, 0.25) is 5.91 Å². The third kappa shape index (κ3) is 10.5. The van der Waals surface area contributed by atoms with Crippen LogP contribution in [0, 0.1) is 5.92 Å². The van der Waals surface area contributed by atoms with E-state index in [1.807, 2.05) is 0 Å². The molecule has 0 spiro atoms. The zero-order valence-electron chi connectivity index (χ0n) is 13.1. The fourth-order valence-corrected chi connectivity index (χ4v) is 1.83. The molecule has 0 aliphatic heterocycles. The molecular weight excluding hydrogens is 288 g/mol. The van der Waals surface area contributed by atoms with Crippen molar-refractivity contribution in [2.45, 2.75) is 39.5 Å². The number of Topliss-reactive ketones (excluding diaryl/α,β-unsaturated/α-hetero) is 3. The summed E-state index contributed by atoms with van der Waals surface area (Å²) in [5.41, 5.74) is 10.4. The van der Waals surface area contributed by atoms with Gasteiger partial charge in [0.25, 0.3) is 0 Å². The number of nitrogens with one attached hydrogen (secondary N) is 1. The van der Waals surface area contributed by atoms with E-state index in [9.17, 15) is 19.2 Å². The van der Waals surface area contributed by atoms with Gasteiger partial charge in [0, 0.05) is 18.9 Å². The van der Waals surface area contributed by atoms with Crippen LogP contribution < -0.4 is 16.8 Å². The molecule has 1 amide bonds. The van der Waals surface area contributed by atoms with Crippen LogP contribution in [0.5, 0.6) is 0 Å². The molecule has 0 heterocycles. The second-order valence-corrected chi connectivity index (χ2v) is 5.15. The molecular formula is C14H24N4O4. The van der Waals surface area contributed by atoms with E-state index >= 15 is 0 Å². The highest BCUT2D eigenvalue weighted by Crippen LogP contribution is 2.13. The Kier molecular flexibility index (Phi) is 9.40. The number of carbonyl (C=O) groups is 4. The molecule has 0 aliphatic rings. The molecule has 0 aromatic heterocycles. The molecule has 0 unspecified atom stereocenters. The summed E-state index contributed by atoms with van der Waals surface area (Å²) in [6, 6.07) is 0. The van der Waals surface area contributed by atoms with Crippen molar-refractivity contribution in [3.8, 4) is 0 Å². The number of guanidine groups is 1. The fourth-order valence-electron chi connectivity index (χ4n) is 1.83. The number of nitrogens with zero attached hydrogens (tertiary/aromatic N) is 1. The van der Waals surface area contributed by atoms with Crippen LogP contribution in [0.2, 0.25) is 0 Å². The molecule has 0 bridgehead atoms. The summed E-state index contributed by atoms with van der Waals surface area (Å²) >= 11 is 0. The molecule has 0 aromatic rings. The summed E-state index contributed by atoms with van der Waals surface area (Å²) in [4.78, 5) is 49.1. The van der Waals surface area contributed by atoms with Crippen LogP contribution in [0.25, 0.3) is 0 Å². The first-order valence-electron chi connectivity index (χ1n) is 7.06. The molecule has 0 saturated heterocycles. The van der Waals surface area contributed by atoms with Crippen molar-refractivity contribution >= 4 is 29.2 Å². The van der Waals surface area contributed by atoms with Crippen molar-refractivity contribution in [3.63, 3.8) is 0 Å². The summed E-state index contributed by atoms with van der Waals surface area (Å²) < 4.78 is 0. The lowest BCUT2D eigenvalue weighted by atomic mass is 9.93. The van der Waals surface area contributed by atoms with Crippen LogP contribution in [-0.2, 0) is 19.2 Å². The molecule has 22 heavy (non-hydrogen) atoms. The first-order chi connectivity index (χ1) is 10.2. The Morgan fingerprint density at radius 2 is 1.77 bits per heavy atom. The highest BCUT2D eigenvalue weighted by molar-refractivity contribution is 5.98. The molecule has 0 rings (SSSR count). The topological polar surface area (TPSA) is 145 Å². The Morgan fingerprint density at radius 3 is 2.27 bits per heavy atom. The molecule has 0 radical (unpaired) electrons. The monoisotopic (exact) mass is 312 g/mol. The first kappa shape index (κ1) is 19.8. The molecule has 5 N–H and O–H groups in total. The van der Waals surface area contributed by atoms with Gasteiger partial charge in [-0.05, 0) is 26.7 Å². The number of amides is 1. The summed E-state index contributed by atoms with van der Waals surface area (Å²) in [7, 11) is 0. The lowest BCUT2D eigenvalue weighted by Crippen LogP contribution is -2.32. The summed E-state index contributed by atoms with van der Waals surface area (Å²) in [6.07, 6.45) is 0.894. The Balaban J connectivity index is 4.18. The Hall–Kier alpha value is -2.25. The largest absolute Gasteiger partial charge is 0.370 e. The Morgan fingerprint density at radius 1 is 1.14 bits per heavy atom. The van der Waals surface area contributed by atoms with Crippen LogP contribution >= 0.6 is 0 Å². The smallest absolute Gasteiger partial charge is 0.227 e. The van der Waals surface area contributed by atoms with Gasteiger partial charge >= 0.3 is 0 Å². The van der Waals surface area contributed by atoms with Crippen LogP contribution in [0.1, 0.15) is 39.5 Å². The summed E-state index contributed by atoms with van der Waals surface area (Å²) in [5.74, 6) is -1.53. The maximum atomic E-state index is 11.8. The van der Waals surface area contributed by atoms with Gasteiger partial charge in [-0.25, -0.2) is 0 Å². The van der Waals surface area contributed by atoms with Gasteiger partial charge in [-0.3, -0.25) is 24.2 Å². The predicted octanol–water partition coefficient (Wildman–Crippen LogP) is -0.700. The van der Waals surface area contributed by atoms with Crippen LogP contribution in [0.3, 0.4) is 0 Å². The lowest BCUT2D eigenvalue weighted by Gasteiger charge is -2.12. The second-order valence-electron chi connectivity index (χ2n) is 5.15. The fraction of sp³-hybridized carbons (Fsp3) is 0.643. The quantitative estimate of drug-likeness (QED) is 0.199. The van der Waals surface area contributed by atoms with Crippen molar-refractivity contribution in [1.82, 2.24) is 5.32 Å². The van der Waals surface area contributed by atoms with Gasteiger partial charge < -0.3 is 16.8 Å². The molecule has 0 saturated carbocycles. The second kappa shape index (κ2) is 10.5. The molecule has 8 heteroatoms.